The van der Waals surface area contributed by atoms with Gasteiger partial charge in [-0.3, -0.25) is 9.10 Å². The topological polar surface area (TPSA) is 66.5 Å². The minimum atomic E-state index is -3.66. The van der Waals surface area contributed by atoms with E-state index in [1.807, 2.05) is 30.3 Å². The highest BCUT2D eigenvalue weighted by Crippen LogP contribution is 2.28. The molecule has 0 heterocycles. The number of carbonyl (C=O) groups is 1. The van der Waals surface area contributed by atoms with Crippen LogP contribution < -0.4 is 9.62 Å². The maximum absolute atomic E-state index is 12.8. The molecule has 0 aliphatic heterocycles. The van der Waals surface area contributed by atoms with Crippen LogP contribution in [0.3, 0.4) is 0 Å². The van der Waals surface area contributed by atoms with Crippen LogP contribution in [0.15, 0.2) is 48.5 Å². The number of hydrogen-bond donors (Lipinski definition) is 1. The van der Waals surface area contributed by atoms with Crippen molar-refractivity contribution in [1.29, 1.82) is 0 Å². The number of amides is 1. The molecule has 0 aliphatic carbocycles. The monoisotopic (exact) mass is 422 g/mol. The molecule has 0 radical (unpaired) electrons. The SMILES string of the molecule is Cc1c(Cl)cccc1N(CC(=O)N[C@H](CC(C)C)c1ccccc1)S(C)(=O)=O. The van der Waals surface area contributed by atoms with Crippen molar-refractivity contribution in [3.05, 3.63) is 64.7 Å². The number of carbonyl (C=O) groups excluding carboxylic acids is 1. The largest absolute Gasteiger partial charge is 0.348 e. The molecule has 7 heteroatoms. The molecule has 0 fully saturated rings. The van der Waals surface area contributed by atoms with E-state index < -0.39 is 10.0 Å². The summed E-state index contributed by atoms with van der Waals surface area (Å²) in [5.74, 6) is 0.00555. The third-order valence-electron chi connectivity index (χ3n) is 4.44. The van der Waals surface area contributed by atoms with Gasteiger partial charge in [-0.25, -0.2) is 8.42 Å². The predicted molar refractivity (Wildman–Crippen MR) is 115 cm³/mol. The number of benzene rings is 2. The number of sulfonamides is 1. The fraction of sp³-hybridized carbons (Fsp3) is 0.381. The summed E-state index contributed by atoms with van der Waals surface area (Å²) in [6, 6.07) is 14.5. The highest BCUT2D eigenvalue weighted by molar-refractivity contribution is 7.92. The van der Waals surface area contributed by atoms with E-state index >= 15 is 0 Å². The van der Waals surface area contributed by atoms with Gasteiger partial charge >= 0.3 is 0 Å². The lowest BCUT2D eigenvalue weighted by Gasteiger charge is -2.26. The van der Waals surface area contributed by atoms with Crippen molar-refractivity contribution in [2.24, 2.45) is 5.92 Å². The zero-order chi connectivity index (χ0) is 20.9. The van der Waals surface area contributed by atoms with Gasteiger partial charge in [0.25, 0.3) is 0 Å². The molecule has 0 aliphatic rings. The smallest absolute Gasteiger partial charge is 0.241 e. The Morgan fingerprint density at radius 3 is 2.32 bits per heavy atom. The number of hydrogen-bond acceptors (Lipinski definition) is 3. The second kappa shape index (κ2) is 9.43. The van der Waals surface area contributed by atoms with Gasteiger partial charge in [0.2, 0.25) is 15.9 Å². The lowest BCUT2D eigenvalue weighted by atomic mass is 9.97. The Morgan fingerprint density at radius 2 is 1.75 bits per heavy atom. The van der Waals surface area contributed by atoms with E-state index in [-0.39, 0.29) is 18.5 Å². The Labute approximate surface area is 172 Å². The van der Waals surface area contributed by atoms with Gasteiger partial charge in [0.15, 0.2) is 0 Å². The van der Waals surface area contributed by atoms with Gasteiger partial charge in [0.05, 0.1) is 18.0 Å². The summed E-state index contributed by atoms with van der Waals surface area (Å²) in [5.41, 5.74) is 2.02. The van der Waals surface area contributed by atoms with Crippen LogP contribution in [0.1, 0.15) is 37.4 Å². The van der Waals surface area contributed by atoms with Crippen LogP contribution in [-0.2, 0) is 14.8 Å². The molecule has 0 aromatic heterocycles. The lowest BCUT2D eigenvalue weighted by Crippen LogP contribution is -2.42. The van der Waals surface area contributed by atoms with Crippen molar-refractivity contribution in [2.75, 3.05) is 17.1 Å². The summed E-state index contributed by atoms with van der Waals surface area (Å²) in [7, 11) is -3.66. The van der Waals surface area contributed by atoms with E-state index in [9.17, 15) is 13.2 Å². The Bertz CT molecular complexity index is 915. The van der Waals surface area contributed by atoms with Crippen molar-refractivity contribution in [3.63, 3.8) is 0 Å². The zero-order valence-electron chi connectivity index (χ0n) is 16.6. The summed E-state index contributed by atoms with van der Waals surface area (Å²) >= 11 is 6.14. The van der Waals surface area contributed by atoms with Crippen LogP contribution in [0.4, 0.5) is 5.69 Å². The third-order valence-corrected chi connectivity index (χ3v) is 5.98. The quantitative estimate of drug-likeness (QED) is 0.688. The van der Waals surface area contributed by atoms with Crippen molar-refractivity contribution < 1.29 is 13.2 Å². The van der Waals surface area contributed by atoms with E-state index in [1.165, 1.54) is 0 Å². The summed E-state index contributed by atoms with van der Waals surface area (Å²) in [6.45, 7) is 5.60. The van der Waals surface area contributed by atoms with Crippen LogP contribution >= 0.6 is 11.6 Å². The molecular formula is C21H27ClN2O3S. The van der Waals surface area contributed by atoms with Crippen LogP contribution in [0.2, 0.25) is 5.02 Å². The first-order chi connectivity index (χ1) is 13.1. The molecule has 1 atom stereocenters. The maximum Gasteiger partial charge on any atom is 0.241 e. The standard InChI is InChI=1S/C21H27ClN2O3S/c1-15(2)13-19(17-9-6-5-7-10-17)23-21(25)14-24(28(4,26)27)20-12-8-11-18(22)16(20)3/h5-12,15,19H,13-14H2,1-4H3,(H,23,25)/t19-/m1/s1. The van der Waals surface area contributed by atoms with E-state index in [0.29, 0.717) is 22.2 Å². The number of rotatable bonds is 8. The van der Waals surface area contributed by atoms with Gasteiger partial charge in [-0.2, -0.15) is 0 Å². The molecule has 28 heavy (non-hydrogen) atoms. The summed E-state index contributed by atoms with van der Waals surface area (Å²) in [4.78, 5) is 12.8. The van der Waals surface area contributed by atoms with Crippen LogP contribution in [0.25, 0.3) is 0 Å². The summed E-state index contributed by atoms with van der Waals surface area (Å²) < 4.78 is 25.8. The highest BCUT2D eigenvalue weighted by atomic mass is 35.5. The third kappa shape index (κ3) is 5.97. The Kier molecular flexibility index (Phi) is 7.49. The molecule has 0 bridgehead atoms. The average Bonchev–Trinajstić information content (AvgIpc) is 2.61. The van der Waals surface area contributed by atoms with Crippen molar-refractivity contribution >= 4 is 33.2 Å². The molecule has 2 rings (SSSR count). The molecule has 0 spiro atoms. The average molecular weight is 423 g/mol. The number of nitrogens with zero attached hydrogens (tertiary/aromatic N) is 1. The van der Waals surface area contributed by atoms with Crippen molar-refractivity contribution in [2.45, 2.75) is 33.2 Å². The first kappa shape index (κ1) is 22.2. The summed E-state index contributed by atoms with van der Waals surface area (Å²) in [5, 5.41) is 3.45. The van der Waals surface area contributed by atoms with Crippen LogP contribution in [0, 0.1) is 12.8 Å². The minimum Gasteiger partial charge on any atom is -0.348 e. The molecule has 2 aromatic carbocycles. The minimum absolute atomic E-state index is 0.185. The molecule has 1 amide bonds. The second-order valence-electron chi connectivity index (χ2n) is 7.31. The van der Waals surface area contributed by atoms with Gasteiger partial charge in [-0.05, 0) is 42.5 Å². The lowest BCUT2D eigenvalue weighted by molar-refractivity contribution is -0.120. The fourth-order valence-corrected chi connectivity index (χ4v) is 4.13. The van der Waals surface area contributed by atoms with Gasteiger partial charge in [-0.15, -0.1) is 0 Å². The molecule has 0 saturated heterocycles. The molecule has 152 valence electrons. The second-order valence-corrected chi connectivity index (χ2v) is 9.63. The summed E-state index contributed by atoms with van der Waals surface area (Å²) in [6.07, 6.45) is 1.84. The van der Waals surface area contributed by atoms with Gasteiger partial charge < -0.3 is 5.32 Å². The molecule has 1 N–H and O–H groups in total. The number of halogens is 1. The van der Waals surface area contributed by atoms with Gasteiger partial charge in [0.1, 0.15) is 6.54 Å². The van der Waals surface area contributed by atoms with E-state index in [4.69, 9.17) is 11.6 Å². The van der Waals surface area contributed by atoms with Crippen LogP contribution in [-0.4, -0.2) is 27.1 Å². The van der Waals surface area contributed by atoms with Crippen molar-refractivity contribution in [1.82, 2.24) is 5.32 Å². The molecule has 2 aromatic rings. The first-order valence-electron chi connectivity index (χ1n) is 9.16. The van der Waals surface area contributed by atoms with Crippen LogP contribution in [0.5, 0.6) is 0 Å². The Morgan fingerprint density at radius 1 is 1.11 bits per heavy atom. The van der Waals surface area contributed by atoms with Gasteiger partial charge in [-0.1, -0.05) is 61.8 Å². The predicted octanol–water partition coefficient (Wildman–Crippen LogP) is 4.32. The van der Waals surface area contributed by atoms with E-state index in [2.05, 4.69) is 19.2 Å². The molecular weight excluding hydrogens is 396 g/mol. The number of anilines is 1. The zero-order valence-corrected chi connectivity index (χ0v) is 18.2. The molecule has 5 nitrogen and oxygen atoms in total. The first-order valence-corrected chi connectivity index (χ1v) is 11.4. The normalized spacial score (nSPS) is 12.6. The Balaban J connectivity index is 2.26. The highest BCUT2D eigenvalue weighted by Gasteiger charge is 2.25. The maximum atomic E-state index is 12.8. The van der Waals surface area contributed by atoms with Gasteiger partial charge in [0, 0.05) is 5.02 Å². The molecule has 0 unspecified atom stereocenters. The molecule has 0 saturated carbocycles. The van der Waals surface area contributed by atoms with Crippen molar-refractivity contribution in [3.8, 4) is 0 Å². The van der Waals surface area contributed by atoms with E-state index in [1.54, 1.807) is 25.1 Å². The fourth-order valence-electron chi connectivity index (χ4n) is 3.05. The number of nitrogens with one attached hydrogen (secondary N) is 1. The van der Waals surface area contributed by atoms with E-state index in [0.717, 1.165) is 22.5 Å². The Hall–Kier alpha value is -2.05.